The van der Waals surface area contributed by atoms with E-state index in [1.807, 2.05) is 42.5 Å². The molecule has 0 bridgehead atoms. The SMILES string of the molecule is Clc1ccc(C2=Nc3cccc[n+]3Cc3ccccc32)cc1.[Br-]. The molecule has 2 nitrogen and oxygen atoms in total. The highest BCUT2D eigenvalue weighted by Gasteiger charge is 2.23. The predicted molar refractivity (Wildman–Crippen MR) is 88.9 cm³/mol. The molecule has 0 spiro atoms. The van der Waals surface area contributed by atoms with Crippen LogP contribution in [0.15, 0.2) is 77.9 Å². The zero-order valence-electron chi connectivity index (χ0n) is 12.3. The first-order chi connectivity index (χ1) is 10.8. The average Bonchev–Trinajstić information content (AvgIpc) is 2.72. The number of halogens is 2. The third-order valence-electron chi connectivity index (χ3n) is 3.87. The molecule has 1 aliphatic rings. The lowest BCUT2D eigenvalue weighted by Gasteiger charge is -2.05. The minimum atomic E-state index is 0. The maximum absolute atomic E-state index is 6.02. The summed E-state index contributed by atoms with van der Waals surface area (Å²) in [6.07, 6.45) is 2.07. The number of hydrogen-bond donors (Lipinski definition) is 0. The molecular weight excluding hydrogens is 372 g/mol. The van der Waals surface area contributed by atoms with Crippen LogP contribution in [0.2, 0.25) is 5.02 Å². The lowest BCUT2D eigenvalue weighted by atomic mass is 9.97. The van der Waals surface area contributed by atoms with Crippen molar-refractivity contribution in [3.8, 4) is 0 Å². The standard InChI is InChI=1S/C19H14ClN2.BrH/c20-16-10-8-14(9-11-16)19-17-6-2-1-5-15(17)13-22-12-4-3-7-18(22)21-19;/h1-12H,13H2;1H/q+1;/p-1. The molecule has 3 aromatic rings. The van der Waals surface area contributed by atoms with Gasteiger partial charge >= 0.3 is 5.82 Å². The van der Waals surface area contributed by atoms with Crippen LogP contribution < -0.4 is 21.5 Å². The zero-order chi connectivity index (χ0) is 14.9. The monoisotopic (exact) mass is 384 g/mol. The van der Waals surface area contributed by atoms with Gasteiger partial charge in [0.1, 0.15) is 6.54 Å². The maximum Gasteiger partial charge on any atom is 0.323 e. The first-order valence-electron chi connectivity index (χ1n) is 7.23. The lowest BCUT2D eigenvalue weighted by molar-refractivity contribution is -0.675. The van der Waals surface area contributed by atoms with E-state index in [2.05, 4.69) is 35.0 Å². The Bertz CT molecular complexity index is 873. The second kappa shape index (κ2) is 6.65. The summed E-state index contributed by atoms with van der Waals surface area (Å²) in [7, 11) is 0. The Morgan fingerprint density at radius 3 is 2.43 bits per heavy atom. The summed E-state index contributed by atoms with van der Waals surface area (Å²) in [5.74, 6) is 0.962. The number of rotatable bonds is 1. The summed E-state index contributed by atoms with van der Waals surface area (Å²) in [5, 5.41) is 0.737. The van der Waals surface area contributed by atoms with E-state index in [4.69, 9.17) is 16.6 Å². The molecule has 0 aliphatic carbocycles. The molecule has 23 heavy (non-hydrogen) atoms. The van der Waals surface area contributed by atoms with Gasteiger partial charge in [0.05, 0.1) is 6.20 Å². The molecule has 4 heteroatoms. The summed E-state index contributed by atoms with van der Waals surface area (Å²) in [6, 6.07) is 22.4. The van der Waals surface area contributed by atoms with E-state index in [-0.39, 0.29) is 17.0 Å². The fraction of sp³-hybridized carbons (Fsp3) is 0.0526. The highest BCUT2D eigenvalue weighted by Crippen LogP contribution is 2.23. The minimum Gasteiger partial charge on any atom is -1.00 e. The third-order valence-corrected chi connectivity index (χ3v) is 4.13. The lowest BCUT2D eigenvalue weighted by Crippen LogP contribution is -3.00. The molecular formula is C19H14BrClN2. The van der Waals surface area contributed by atoms with E-state index in [1.165, 1.54) is 11.1 Å². The normalized spacial score (nSPS) is 12.3. The first-order valence-corrected chi connectivity index (χ1v) is 7.60. The van der Waals surface area contributed by atoms with Gasteiger partial charge in [-0.3, -0.25) is 0 Å². The number of aliphatic imine (C=N–C) groups is 1. The molecule has 0 unspecified atom stereocenters. The average molecular weight is 386 g/mol. The van der Waals surface area contributed by atoms with Crippen LogP contribution in [-0.2, 0) is 6.54 Å². The van der Waals surface area contributed by atoms with Gasteiger partial charge in [-0.25, -0.2) is 4.57 Å². The van der Waals surface area contributed by atoms with Gasteiger partial charge < -0.3 is 17.0 Å². The van der Waals surface area contributed by atoms with E-state index in [9.17, 15) is 0 Å². The highest BCUT2D eigenvalue weighted by atomic mass is 79.9. The van der Waals surface area contributed by atoms with Gasteiger partial charge in [0, 0.05) is 27.8 Å². The number of hydrogen-bond acceptors (Lipinski definition) is 1. The number of nitrogens with zero attached hydrogens (tertiary/aromatic N) is 2. The topological polar surface area (TPSA) is 16.2 Å². The van der Waals surface area contributed by atoms with Crippen LogP contribution in [0.3, 0.4) is 0 Å². The summed E-state index contributed by atoms with van der Waals surface area (Å²) in [6.45, 7) is 0.826. The largest absolute Gasteiger partial charge is 1.00 e. The van der Waals surface area contributed by atoms with Crippen LogP contribution in [0, 0.1) is 0 Å². The van der Waals surface area contributed by atoms with Crippen molar-refractivity contribution in [1.29, 1.82) is 0 Å². The van der Waals surface area contributed by atoms with Gasteiger partial charge in [0.2, 0.25) is 0 Å². The Morgan fingerprint density at radius 2 is 1.61 bits per heavy atom. The fourth-order valence-electron chi connectivity index (χ4n) is 2.78. The van der Waals surface area contributed by atoms with Crippen molar-refractivity contribution in [3.63, 3.8) is 0 Å². The molecule has 0 saturated heterocycles. The Labute approximate surface area is 150 Å². The Balaban J connectivity index is 0.00000156. The van der Waals surface area contributed by atoms with Crippen LogP contribution in [0.5, 0.6) is 0 Å². The summed E-state index contributed by atoms with van der Waals surface area (Å²) in [5.41, 5.74) is 4.51. The van der Waals surface area contributed by atoms with Crippen LogP contribution in [-0.4, -0.2) is 5.71 Å². The molecule has 114 valence electrons. The van der Waals surface area contributed by atoms with E-state index in [0.717, 1.165) is 28.7 Å². The van der Waals surface area contributed by atoms with Gasteiger partial charge in [0.25, 0.3) is 0 Å². The summed E-state index contributed by atoms with van der Waals surface area (Å²) >= 11 is 6.02. The van der Waals surface area contributed by atoms with Crippen molar-refractivity contribution in [3.05, 3.63) is 94.6 Å². The summed E-state index contributed by atoms with van der Waals surface area (Å²) < 4.78 is 2.17. The molecule has 0 N–H and O–H groups in total. The van der Waals surface area contributed by atoms with Crippen LogP contribution in [0.1, 0.15) is 16.7 Å². The predicted octanol–water partition coefficient (Wildman–Crippen LogP) is 1.16. The molecule has 0 fully saturated rings. The van der Waals surface area contributed by atoms with E-state index in [1.54, 1.807) is 0 Å². The number of benzene rings is 2. The smallest absolute Gasteiger partial charge is 0.323 e. The van der Waals surface area contributed by atoms with Gasteiger partial charge in [-0.15, -0.1) is 0 Å². The van der Waals surface area contributed by atoms with Crippen molar-refractivity contribution in [2.24, 2.45) is 4.99 Å². The Morgan fingerprint density at radius 1 is 0.870 bits per heavy atom. The van der Waals surface area contributed by atoms with Gasteiger partial charge in [-0.05, 0) is 35.3 Å². The molecule has 1 aromatic heterocycles. The van der Waals surface area contributed by atoms with Crippen LogP contribution >= 0.6 is 11.6 Å². The van der Waals surface area contributed by atoms with Gasteiger partial charge in [-0.1, -0.05) is 41.9 Å². The van der Waals surface area contributed by atoms with E-state index < -0.39 is 0 Å². The van der Waals surface area contributed by atoms with Gasteiger partial charge in [0.15, 0.2) is 5.71 Å². The van der Waals surface area contributed by atoms with Gasteiger partial charge in [-0.2, -0.15) is 0 Å². The highest BCUT2D eigenvalue weighted by molar-refractivity contribution is 6.30. The maximum atomic E-state index is 6.02. The second-order valence-corrected chi connectivity index (χ2v) is 5.75. The van der Waals surface area contributed by atoms with Crippen molar-refractivity contribution >= 4 is 23.1 Å². The van der Waals surface area contributed by atoms with Crippen molar-refractivity contribution < 1.29 is 21.5 Å². The molecule has 0 saturated carbocycles. The van der Waals surface area contributed by atoms with E-state index in [0.29, 0.717) is 0 Å². The first kappa shape index (κ1) is 15.9. The molecule has 1 aliphatic heterocycles. The summed E-state index contributed by atoms with van der Waals surface area (Å²) in [4.78, 5) is 4.92. The number of fused-ring (bicyclic) bond motifs is 2. The minimum absolute atomic E-state index is 0. The molecule has 0 atom stereocenters. The number of aromatic nitrogens is 1. The Hall–Kier alpha value is -1.97. The fourth-order valence-corrected chi connectivity index (χ4v) is 2.90. The quantitative estimate of drug-likeness (QED) is 0.437. The second-order valence-electron chi connectivity index (χ2n) is 5.31. The zero-order valence-corrected chi connectivity index (χ0v) is 14.6. The molecule has 4 rings (SSSR count). The molecule has 0 radical (unpaired) electrons. The van der Waals surface area contributed by atoms with E-state index >= 15 is 0 Å². The van der Waals surface area contributed by atoms with Crippen molar-refractivity contribution in [1.82, 2.24) is 0 Å². The van der Waals surface area contributed by atoms with Crippen molar-refractivity contribution in [2.45, 2.75) is 6.54 Å². The van der Waals surface area contributed by atoms with Crippen LogP contribution in [0.25, 0.3) is 0 Å². The number of pyridine rings is 1. The molecule has 0 amide bonds. The third kappa shape index (κ3) is 3.07. The van der Waals surface area contributed by atoms with Crippen molar-refractivity contribution in [2.75, 3.05) is 0 Å². The Kier molecular flexibility index (Phi) is 4.60. The molecule has 2 aromatic carbocycles. The van der Waals surface area contributed by atoms with Crippen LogP contribution in [0.4, 0.5) is 5.82 Å². The molecule has 2 heterocycles.